The van der Waals surface area contributed by atoms with Crippen molar-refractivity contribution in [3.05, 3.63) is 62.2 Å². The standard InChI is InChI=1S/C21H26N6O5/c1-3-24(4-2)17-7-5-15(13-19(17)26(29)30)21(28)23-16-6-8-18(20(14-16)27(31)32)25-11-9-22-10-12-25/h5-8,13-14,22H,3-4,9-12H2,1-2H3,(H,23,28). The molecule has 0 aromatic heterocycles. The number of carbonyl (C=O) groups is 1. The highest BCUT2D eigenvalue weighted by Gasteiger charge is 2.23. The van der Waals surface area contributed by atoms with E-state index < -0.39 is 15.8 Å². The number of nitrogens with one attached hydrogen (secondary N) is 2. The van der Waals surface area contributed by atoms with Crippen LogP contribution in [-0.2, 0) is 0 Å². The quantitative estimate of drug-likeness (QED) is 0.471. The summed E-state index contributed by atoms with van der Waals surface area (Å²) in [6.07, 6.45) is 0. The Balaban J connectivity index is 1.86. The maximum Gasteiger partial charge on any atom is 0.294 e. The first-order valence-electron chi connectivity index (χ1n) is 10.4. The molecule has 0 bridgehead atoms. The Kier molecular flexibility index (Phi) is 7.21. The molecule has 170 valence electrons. The summed E-state index contributed by atoms with van der Waals surface area (Å²) in [5.41, 5.74) is 1.01. The minimum atomic E-state index is -0.580. The first-order valence-corrected chi connectivity index (χ1v) is 10.4. The summed E-state index contributed by atoms with van der Waals surface area (Å²) in [6.45, 7) is 7.73. The van der Waals surface area contributed by atoms with E-state index in [1.54, 1.807) is 18.2 Å². The molecule has 0 aliphatic carbocycles. The SMILES string of the molecule is CCN(CC)c1ccc(C(=O)Nc2ccc(N3CCNCC3)c([N+](=O)[O-])c2)cc1[N+](=O)[O-]. The Morgan fingerprint density at radius 2 is 1.69 bits per heavy atom. The van der Waals surface area contributed by atoms with Crippen molar-refractivity contribution in [3.63, 3.8) is 0 Å². The van der Waals surface area contributed by atoms with Crippen LogP contribution in [0.15, 0.2) is 36.4 Å². The molecule has 2 N–H and O–H groups in total. The summed E-state index contributed by atoms with van der Waals surface area (Å²) in [5.74, 6) is -0.580. The van der Waals surface area contributed by atoms with Gasteiger partial charge in [0.05, 0.1) is 9.85 Å². The number of benzene rings is 2. The molecule has 0 radical (unpaired) electrons. The zero-order chi connectivity index (χ0) is 23.3. The zero-order valence-electron chi connectivity index (χ0n) is 18.0. The van der Waals surface area contributed by atoms with E-state index in [-0.39, 0.29) is 22.6 Å². The molecule has 1 saturated heterocycles. The van der Waals surface area contributed by atoms with E-state index >= 15 is 0 Å². The number of nitro benzene ring substituents is 2. The van der Waals surface area contributed by atoms with E-state index in [0.717, 1.165) is 13.1 Å². The lowest BCUT2D eigenvalue weighted by Gasteiger charge is -2.29. The Bertz CT molecular complexity index is 1020. The Labute approximate surface area is 185 Å². The number of anilines is 3. The zero-order valence-corrected chi connectivity index (χ0v) is 18.0. The average molecular weight is 442 g/mol. The van der Waals surface area contributed by atoms with Crippen LogP contribution < -0.4 is 20.4 Å². The molecule has 2 aromatic rings. The third-order valence-corrected chi connectivity index (χ3v) is 5.43. The monoisotopic (exact) mass is 442 g/mol. The van der Waals surface area contributed by atoms with Crippen molar-refractivity contribution in [2.45, 2.75) is 13.8 Å². The van der Waals surface area contributed by atoms with Crippen LogP contribution in [0.2, 0.25) is 0 Å². The molecule has 1 aliphatic rings. The third-order valence-electron chi connectivity index (χ3n) is 5.43. The number of carbonyl (C=O) groups excluding carboxylic acids is 1. The smallest absolute Gasteiger partial charge is 0.294 e. The third kappa shape index (κ3) is 4.94. The minimum Gasteiger partial charge on any atom is -0.367 e. The van der Waals surface area contributed by atoms with Gasteiger partial charge in [0, 0.05) is 62.7 Å². The summed E-state index contributed by atoms with van der Waals surface area (Å²) in [7, 11) is 0. The molecule has 1 heterocycles. The molecular formula is C21H26N6O5. The van der Waals surface area contributed by atoms with Crippen LogP contribution in [0.4, 0.5) is 28.4 Å². The minimum absolute atomic E-state index is 0.0986. The summed E-state index contributed by atoms with van der Waals surface area (Å²) in [5, 5.41) is 29.0. The lowest BCUT2D eigenvalue weighted by molar-refractivity contribution is -0.384. The van der Waals surface area contributed by atoms with Gasteiger partial charge in [-0.05, 0) is 38.1 Å². The van der Waals surface area contributed by atoms with Gasteiger partial charge < -0.3 is 20.4 Å². The summed E-state index contributed by atoms with van der Waals surface area (Å²) in [4.78, 5) is 38.7. The van der Waals surface area contributed by atoms with Gasteiger partial charge in [-0.25, -0.2) is 0 Å². The van der Waals surface area contributed by atoms with Crippen LogP contribution in [-0.4, -0.2) is 55.0 Å². The van der Waals surface area contributed by atoms with Crippen molar-refractivity contribution in [1.29, 1.82) is 0 Å². The Morgan fingerprint density at radius 3 is 2.28 bits per heavy atom. The molecule has 0 spiro atoms. The van der Waals surface area contributed by atoms with E-state index in [0.29, 0.717) is 37.6 Å². The normalized spacial score (nSPS) is 13.5. The summed E-state index contributed by atoms with van der Waals surface area (Å²) in [6, 6.07) is 8.82. The van der Waals surface area contributed by atoms with Crippen molar-refractivity contribution in [2.24, 2.45) is 0 Å². The van der Waals surface area contributed by atoms with E-state index in [1.807, 2.05) is 23.6 Å². The lowest BCUT2D eigenvalue weighted by Crippen LogP contribution is -2.43. The Morgan fingerprint density at radius 1 is 1.03 bits per heavy atom. The fourth-order valence-electron chi connectivity index (χ4n) is 3.77. The van der Waals surface area contributed by atoms with Crippen LogP contribution >= 0.6 is 0 Å². The number of amides is 1. The van der Waals surface area contributed by atoms with E-state index in [1.165, 1.54) is 18.2 Å². The van der Waals surface area contributed by atoms with Crippen LogP contribution in [0.1, 0.15) is 24.2 Å². The van der Waals surface area contributed by atoms with Gasteiger partial charge in [-0.2, -0.15) is 0 Å². The van der Waals surface area contributed by atoms with Gasteiger partial charge >= 0.3 is 0 Å². The second-order valence-electron chi connectivity index (χ2n) is 7.28. The highest BCUT2D eigenvalue weighted by atomic mass is 16.6. The van der Waals surface area contributed by atoms with Crippen molar-refractivity contribution >= 4 is 34.3 Å². The van der Waals surface area contributed by atoms with Crippen LogP contribution in [0.5, 0.6) is 0 Å². The van der Waals surface area contributed by atoms with Gasteiger partial charge in [-0.3, -0.25) is 25.0 Å². The maximum atomic E-state index is 12.7. The maximum absolute atomic E-state index is 12.7. The topological polar surface area (TPSA) is 134 Å². The van der Waals surface area contributed by atoms with E-state index in [2.05, 4.69) is 10.6 Å². The first kappa shape index (κ1) is 22.9. The second kappa shape index (κ2) is 10.1. The molecule has 11 nitrogen and oxygen atoms in total. The number of hydrogen-bond donors (Lipinski definition) is 2. The first-order chi connectivity index (χ1) is 15.3. The largest absolute Gasteiger partial charge is 0.367 e. The van der Waals surface area contributed by atoms with Gasteiger partial charge in [0.15, 0.2) is 0 Å². The van der Waals surface area contributed by atoms with Gasteiger partial charge in [-0.15, -0.1) is 0 Å². The van der Waals surface area contributed by atoms with E-state index in [9.17, 15) is 25.0 Å². The number of piperazine rings is 1. The average Bonchev–Trinajstić information content (AvgIpc) is 2.80. The second-order valence-corrected chi connectivity index (χ2v) is 7.28. The predicted molar refractivity (Wildman–Crippen MR) is 123 cm³/mol. The molecule has 1 fully saturated rings. The molecule has 32 heavy (non-hydrogen) atoms. The van der Waals surface area contributed by atoms with Crippen LogP contribution in [0.3, 0.4) is 0 Å². The predicted octanol–water partition coefficient (Wildman–Crippen LogP) is 3.01. The number of hydrogen-bond acceptors (Lipinski definition) is 8. The molecule has 3 rings (SSSR count). The molecule has 0 unspecified atom stereocenters. The molecular weight excluding hydrogens is 416 g/mol. The van der Waals surface area contributed by atoms with Crippen LogP contribution in [0, 0.1) is 20.2 Å². The molecule has 1 aliphatic heterocycles. The van der Waals surface area contributed by atoms with Crippen molar-refractivity contribution in [3.8, 4) is 0 Å². The molecule has 2 aromatic carbocycles. The number of rotatable bonds is 8. The molecule has 11 heteroatoms. The van der Waals surface area contributed by atoms with Crippen molar-refractivity contribution < 1.29 is 14.6 Å². The molecule has 0 atom stereocenters. The van der Waals surface area contributed by atoms with Crippen molar-refractivity contribution in [2.75, 3.05) is 54.4 Å². The molecule has 1 amide bonds. The Hall–Kier alpha value is -3.73. The van der Waals surface area contributed by atoms with Gasteiger partial charge in [0.1, 0.15) is 11.4 Å². The van der Waals surface area contributed by atoms with Crippen LogP contribution in [0.25, 0.3) is 0 Å². The van der Waals surface area contributed by atoms with Gasteiger partial charge in [0.2, 0.25) is 0 Å². The fraction of sp³-hybridized carbons (Fsp3) is 0.381. The summed E-state index contributed by atoms with van der Waals surface area (Å²) < 4.78 is 0. The van der Waals surface area contributed by atoms with Gasteiger partial charge in [0.25, 0.3) is 17.3 Å². The van der Waals surface area contributed by atoms with E-state index in [4.69, 9.17) is 0 Å². The molecule has 0 saturated carbocycles. The fourth-order valence-corrected chi connectivity index (χ4v) is 3.77. The van der Waals surface area contributed by atoms with Gasteiger partial charge in [-0.1, -0.05) is 0 Å². The number of nitrogens with zero attached hydrogens (tertiary/aromatic N) is 4. The highest BCUT2D eigenvalue weighted by molar-refractivity contribution is 6.05. The lowest BCUT2D eigenvalue weighted by atomic mass is 10.1. The van der Waals surface area contributed by atoms with Crippen molar-refractivity contribution in [1.82, 2.24) is 5.32 Å². The number of nitro groups is 2. The summed E-state index contributed by atoms with van der Waals surface area (Å²) >= 11 is 0. The highest BCUT2D eigenvalue weighted by Crippen LogP contribution is 2.32.